The van der Waals surface area contributed by atoms with Crippen LogP contribution >= 0.6 is 12.0 Å². The number of nitrogens with zero attached hydrogens (tertiary/aromatic N) is 2. The lowest BCUT2D eigenvalue weighted by Crippen LogP contribution is -2.20. The van der Waals surface area contributed by atoms with Crippen LogP contribution in [0, 0.1) is 6.92 Å². The number of ether oxygens (including phenoxy) is 1. The number of alkyl halides is 1. The first-order valence-electron chi connectivity index (χ1n) is 6.85. The summed E-state index contributed by atoms with van der Waals surface area (Å²) in [6.07, 6.45) is -0.280. The largest absolute Gasteiger partial charge is 0.457 e. The van der Waals surface area contributed by atoms with Crippen LogP contribution in [-0.2, 0) is 17.4 Å². The van der Waals surface area contributed by atoms with Crippen molar-refractivity contribution in [2.24, 2.45) is 0 Å². The van der Waals surface area contributed by atoms with Crippen molar-refractivity contribution in [2.75, 3.05) is 6.61 Å². The molecule has 0 radical (unpaired) electrons. The van der Waals surface area contributed by atoms with Crippen molar-refractivity contribution < 1.29 is 13.3 Å². The van der Waals surface area contributed by atoms with E-state index in [-0.39, 0.29) is 17.8 Å². The molecule has 0 aliphatic carbocycles. The molecule has 1 aliphatic rings. The summed E-state index contributed by atoms with van der Waals surface area (Å²) < 4.78 is 25.6. The minimum atomic E-state index is -0.722. The zero-order chi connectivity index (χ0) is 15.5. The third-order valence-electron chi connectivity index (χ3n) is 3.30. The SMILES string of the molecule is Cc1ccc(SOC[C@@H]2Cn3c(CF)cc(=O)nc3O2)cc1. The summed E-state index contributed by atoms with van der Waals surface area (Å²) in [5.74, 6) is 0. The Hall–Kier alpha value is -1.86. The summed E-state index contributed by atoms with van der Waals surface area (Å²) in [6, 6.07) is 9.33. The van der Waals surface area contributed by atoms with E-state index in [0.29, 0.717) is 13.2 Å². The van der Waals surface area contributed by atoms with Crippen molar-refractivity contribution in [1.29, 1.82) is 0 Å². The van der Waals surface area contributed by atoms with Gasteiger partial charge in [0.2, 0.25) is 0 Å². The highest BCUT2D eigenvalue weighted by molar-refractivity contribution is 7.94. The number of aromatic nitrogens is 2. The molecular formula is C15H15FN2O3S. The van der Waals surface area contributed by atoms with Crippen molar-refractivity contribution in [3.63, 3.8) is 0 Å². The lowest BCUT2D eigenvalue weighted by molar-refractivity contribution is 0.158. The molecule has 116 valence electrons. The van der Waals surface area contributed by atoms with E-state index in [2.05, 4.69) is 4.98 Å². The van der Waals surface area contributed by atoms with Gasteiger partial charge in [-0.1, -0.05) is 17.7 Å². The van der Waals surface area contributed by atoms with Crippen molar-refractivity contribution in [1.82, 2.24) is 9.55 Å². The molecule has 0 saturated carbocycles. The number of hydrogen-bond acceptors (Lipinski definition) is 5. The normalized spacial score (nSPS) is 16.4. The maximum absolute atomic E-state index is 12.9. The molecule has 0 N–H and O–H groups in total. The highest BCUT2D eigenvalue weighted by atomic mass is 32.2. The van der Waals surface area contributed by atoms with Crippen LogP contribution in [0.25, 0.3) is 0 Å². The fourth-order valence-electron chi connectivity index (χ4n) is 2.17. The van der Waals surface area contributed by atoms with E-state index in [9.17, 15) is 9.18 Å². The van der Waals surface area contributed by atoms with E-state index < -0.39 is 12.2 Å². The molecule has 0 spiro atoms. The number of rotatable bonds is 5. The molecular weight excluding hydrogens is 307 g/mol. The van der Waals surface area contributed by atoms with Crippen LogP contribution in [0.3, 0.4) is 0 Å². The topological polar surface area (TPSA) is 53.4 Å². The molecule has 2 aromatic rings. The fraction of sp³-hybridized carbons (Fsp3) is 0.333. The molecule has 1 aromatic carbocycles. The molecule has 3 rings (SSSR count). The Morgan fingerprint density at radius 1 is 1.45 bits per heavy atom. The van der Waals surface area contributed by atoms with Crippen LogP contribution in [0.5, 0.6) is 6.01 Å². The molecule has 1 aliphatic heterocycles. The molecule has 22 heavy (non-hydrogen) atoms. The van der Waals surface area contributed by atoms with Crippen LogP contribution in [-0.4, -0.2) is 22.3 Å². The molecule has 0 amide bonds. The third kappa shape index (κ3) is 3.31. The minimum absolute atomic E-state index is 0.161. The Bertz CT molecular complexity index is 718. The van der Waals surface area contributed by atoms with E-state index in [1.54, 1.807) is 4.57 Å². The number of halogens is 1. The molecule has 2 heterocycles. The number of benzene rings is 1. The molecule has 0 saturated heterocycles. The lowest BCUT2D eigenvalue weighted by Gasteiger charge is -2.08. The lowest BCUT2D eigenvalue weighted by atomic mass is 10.2. The third-order valence-corrected chi connectivity index (χ3v) is 4.02. The van der Waals surface area contributed by atoms with Gasteiger partial charge in [0.25, 0.3) is 5.56 Å². The van der Waals surface area contributed by atoms with Gasteiger partial charge < -0.3 is 8.92 Å². The first-order valence-corrected chi connectivity index (χ1v) is 7.59. The predicted molar refractivity (Wildman–Crippen MR) is 80.7 cm³/mol. The zero-order valence-electron chi connectivity index (χ0n) is 12.0. The first-order chi connectivity index (χ1) is 10.7. The van der Waals surface area contributed by atoms with E-state index in [1.165, 1.54) is 23.7 Å². The van der Waals surface area contributed by atoms with Crippen molar-refractivity contribution >= 4 is 12.0 Å². The van der Waals surface area contributed by atoms with Crippen LogP contribution < -0.4 is 10.3 Å². The van der Waals surface area contributed by atoms with E-state index in [0.717, 1.165) is 4.90 Å². The second-order valence-electron chi connectivity index (χ2n) is 5.03. The maximum Gasteiger partial charge on any atom is 0.300 e. The maximum atomic E-state index is 12.9. The van der Waals surface area contributed by atoms with Gasteiger partial charge in [0.1, 0.15) is 19.4 Å². The Morgan fingerprint density at radius 3 is 2.95 bits per heavy atom. The van der Waals surface area contributed by atoms with Crippen LogP contribution in [0.4, 0.5) is 4.39 Å². The first kappa shape index (κ1) is 15.1. The molecule has 5 nitrogen and oxygen atoms in total. The predicted octanol–water partition coefficient (Wildman–Crippen LogP) is 2.51. The quantitative estimate of drug-likeness (QED) is 0.792. The average Bonchev–Trinajstić information content (AvgIpc) is 2.91. The van der Waals surface area contributed by atoms with E-state index in [4.69, 9.17) is 8.92 Å². The molecule has 1 atom stereocenters. The van der Waals surface area contributed by atoms with Crippen LogP contribution in [0.15, 0.2) is 40.0 Å². The summed E-state index contributed by atoms with van der Waals surface area (Å²) in [5, 5.41) is 0. The summed E-state index contributed by atoms with van der Waals surface area (Å²) >= 11 is 1.26. The van der Waals surface area contributed by atoms with Gasteiger partial charge in [0, 0.05) is 23.0 Å². The Morgan fingerprint density at radius 2 is 2.23 bits per heavy atom. The van der Waals surface area contributed by atoms with Crippen molar-refractivity contribution in [2.45, 2.75) is 31.1 Å². The minimum Gasteiger partial charge on any atom is -0.457 e. The second-order valence-corrected chi connectivity index (χ2v) is 5.91. The molecule has 0 fully saturated rings. The monoisotopic (exact) mass is 322 g/mol. The van der Waals surface area contributed by atoms with Crippen molar-refractivity contribution in [3.8, 4) is 6.01 Å². The molecule has 0 bridgehead atoms. The van der Waals surface area contributed by atoms with Gasteiger partial charge in [0.15, 0.2) is 0 Å². The molecule has 7 heteroatoms. The van der Waals surface area contributed by atoms with Gasteiger partial charge >= 0.3 is 6.01 Å². The number of hydrogen-bond donors (Lipinski definition) is 0. The zero-order valence-corrected chi connectivity index (χ0v) is 12.8. The Balaban J connectivity index is 1.57. The number of aryl methyl sites for hydroxylation is 1. The molecule has 0 unspecified atom stereocenters. The van der Waals surface area contributed by atoms with Gasteiger partial charge in [-0.15, -0.1) is 0 Å². The van der Waals surface area contributed by atoms with E-state index >= 15 is 0 Å². The Kier molecular flexibility index (Phi) is 4.44. The summed E-state index contributed by atoms with van der Waals surface area (Å²) in [4.78, 5) is 16.1. The van der Waals surface area contributed by atoms with Gasteiger partial charge in [-0.05, 0) is 19.1 Å². The average molecular weight is 322 g/mol. The van der Waals surface area contributed by atoms with Gasteiger partial charge in [0.05, 0.1) is 12.2 Å². The Labute approximate surface area is 131 Å². The highest BCUT2D eigenvalue weighted by Gasteiger charge is 2.26. The van der Waals surface area contributed by atoms with Gasteiger partial charge in [-0.25, -0.2) is 4.39 Å². The summed E-state index contributed by atoms with van der Waals surface area (Å²) in [5.41, 5.74) is 0.978. The second kappa shape index (κ2) is 6.50. The summed E-state index contributed by atoms with van der Waals surface area (Å²) in [7, 11) is 0. The van der Waals surface area contributed by atoms with Crippen LogP contribution in [0.2, 0.25) is 0 Å². The fourth-order valence-corrected chi connectivity index (χ4v) is 2.78. The standard InChI is InChI=1S/C15H15FN2O3S/c1-10-2-4-13(5-3-10)22-20-9-12-8-18-11(7-16)6-14(19)17-15(18)21-12/h2-6,12H,7-9H2,1H3/t12-/m0/s1. The molecule has 1 aromatic heterocycles. The smallest absolute Gasteiger partial charge is 0.300 e. The van der Waals surface area contributed by atoms with Crippen LogP contribution in [0.1, 0.15) is 11.3 Å². The van der Waals surface area contributed by atoms with Gasteiger partial charge in [-0.3, -0.25) is 9.36 Å². The summed E-state index contributed by atoms with van der Waals surface area (Å²) in [6.45, 7) is 2.05. The van der Waals surface area contributed by atoms with Gasteiger partial charge in [-0.2, -0.15) is 4.98 Å². The number of fused-ring (bicyclic) bond motifs is 1. The van der Waals surface area contributed by atoms with Crippen molar-refractivity contribution in [3.05, 3.63) is 51.9 Å². The highest BCUT2D eigenvalue weighted by Crippen LogP contribution is 2.24. The van der Waals surface area contributed by atoms with E-state index in [1.807, 2.05) is 31.2 Å².